The Morgan fingerprint density at radius 3 is 2.60 bits per heavy atom. The number of benzene rings is 1. The first kappa shape index (κ1) is 20.3. The number of nitrogens with zero attached hydrogens (tertiary/aromatic N) is 2. The summed E-state index contributed by atoms with van der Waals surface area (Å²) in [5.41, 5.74) is 5.74. The van der Waals surface area contributed by atoms with Crippen LogP contribution in [0.15, 0.2) is 42.6 Å². The number of carbonyl (C=O) groups is 1. The fraction of sp³-hybridized carbons (Fsp3) is 0.400. The molecular formula is C25H30N4O. The molecule has 0 aliphatic carbocycles. The lowest BCUT2D eigenvalue weighted by atomic mass is 10.0. The second kappa shape index (κ2) is 9.70. The standard InChI is InChI=1S/C25H30N4O/c1-2-3-4-5-6-7-8-18-9-11-19(12-10-18)24-26-15-14-22(29-24)23-17-20-21(28-23)13-16-27-25(20)30/h9-12,14-15,17,28H,2-8,13,16H2,1H3,(H,27,30). The Labute approximate surface area is 178 Å². The molecule has 156 valence electrons. The minimum Gasteiger partial charge on any atom is -0.356 e. The smallest absolute Gasteiger partial charge is 0.253 e. The second-order valence-electron chi connectivity index (χ2n) is 8.06. The van der Waals surface area contributed by atoms with Crippen LogP contribution in [0.1, 0.15) is 67.1 Å². The molecule has 0 saturated carbocycles. The van der Waals surface area contributed by atoms with Crippen molar-refractivity contribution in [3.05, 3.63) is 59.4 Å². The van der Waals surface area contributed by atoms with Crippen molar-refractivity contribution < 1.29 is 4.79 Å². The molecule has 3 aromatic rings. The Morgan fingerprint density at radius 1 is 1.00 bits per heavy atom. The van der Waals surface area contributed by atoms with Crippen molar-refractivity contribution >= 4 is 5.91 Å². The van der Waals surface area contributed by atoms with Gasteiger partial charge in [-0.3, -0.25) is 4.79 Å². The molecule has 2 aromatic heterocycles. The van der Waals surface area contributed by atoms with Crippen LogP contribution in [0.5, 0.6) is 0 Å². The van der Waals surface area contributed by atoms with E-state index in [9.17, 15) is 4.79 Å². The van der Waals surface area contributed by atoms with Gasteiger partial charge in [-0.1, -0.05) is 63.3 Å². The van der Waals surface area contributed by atoms with Crippen molar-refractivity contribution in [3.63, 3.8) is 0 Å². The Balaban J connectivity index is 1.42. The van der Waals surface area contributed by atoms with Gasteiger partial charge in [-0.2, -0.15) is 0 Å². The number of rotatable bonds is 9. The molecule has 0 spiro atoms. The zero-order valence-electron chi connectivity index (χ0n) is 17.7. The van der Waals surface area contributed by atoms with Crippen LogP contribution in [0.3, 0.4) is 0 Å². The van der Waals surface area contributed by atoms with Gasteiger partial charge < -0.3 is 10.3 Å². The fourth-order valence-electron chi connectivity index (χ4n) is 4.01. The largest absolute Gasteiger partial charge is 0.356 e. The van der Waals surface area contributed by atoms with Crippen LogP contribution < -0.4 is 5.32 Å². The first-order chi connectivity index (χ1) is 14.7. The van der Waals surface area contributed by atoms with Gasteiger partial charge in [-0.15, -0.1) is 0 Å². The van der Waals surface area contributed by atoms with E-state index in [0.717, 1.165) is 41.1 Å². The molecule has 1 aromatic carbocycles. The van der Waals surface area contributed by atoms with Crippen molar-refractivity contribution in [1.82, 2.24) is 20.3 Å². The SMILES string of the molecule is CCCCCCCCc1ccc(-c2nccc(-c3cc4c([nH]3)CCNC4=O)n2)cc1. The van der Waals surface area contributed by atoms with Gasteiger partial charge in [-0.05, 0) is 30.5 Å². The van der Waals surface area contributed by atoms with Gasteiger partial charge in [0.15, 0.2) is 5.82 Å². The van der Waals surface area contributed by atoms with Gasteiger partial charge in [-0.25, -0.2) is 9.97 Å². The number of fused-ring (bicyclic) bond motifs is 1. The van der Waals surface area contributed by atoms with Crippen LogP contribution >= 0.6 is 0 Å². The molecule has 0 fully saturated rings. The number of aromatic nitrogens is 3. The highest BCUT2D eigenvalue weighted by Crippen LogP contribution is 2.24. The third-order valence-corrected chi connectivity index (χ3v) is 5.77. The summed E-state index contributed by atoms with van der Waals surface area (Å²) in [6.45, 7) is 2.93. The summed E-state index contributed by atoms with van der Waals surface area (Å²) in [6, 6.07) is 12.4. The molecule has 30 heavy (non-hydrogen) atoms. The molecule has 1 aliphatic heterocycles. The van der Waals surface area contributed by atoms with Gasteiger partial charge in [0, 0.05) is 30.4 Å². The minimum absolute atomic E-state index is 0.0195. The maximum atomic E-state index is 12.0. The van der Waals surface area contributed by atoms with Crippen molar-refractivity contribution in [2.24, 2.45) is 0 Å². The highest BCUT2D eigenvalue weighted by atomic mass is 16.1. The first-order valence-electron chi connectivity index (χ1n) is 11.2. The first-order valence-corrected chi connectivity index (χ1v) is 11.2. The van der Waals surface area contributed by atoms with Gasteiger partial charge in [0.25, 0.3) is 5.91 Å². The summed E-state index contributed by atoms with van der Waals surface area (Å²) in [6.07, 6.45) is 11.6. The molecule has 0 bridgehead atoms. The van der Waals surface area contributed by atoms with E-state index in [4.69, 9.17) is 4.98 Å². The van der Waals surface area contributed by atoms with E-state index < -0.39 is 0 Å². The average molecular weight is 403 g/mol. The van der Waals surface area contributed by atoms with E-state index >= 15 is 0 Å². The summed E-state index contributed by atoms with van der Waals surface area (Å²) in [5, 5.41) is 2.88. The van der Waals surface area contributed by atoms with Crippen LogP contribution in [0.2, 0.25) is 0 Å². The average Bonchev–Trinajstić information content (AvgIpc) is 3.23. The number of aryl methyl sites for hydroxylation is 1. The molecule has 1 amide bonds. The van der Waals surface area contributed by atoms with Crippen LogP contribution in [-0.4, -0.2) is 27.4 Å². The van der Waals surface area contributed by atoms with Crippen molar-refractivity contribution in [2.75, 3.05) is 6.54 Å². The van der Waals surface area contributed by atoms with E-state index in [1.54, 1.807) is 6.20 Å². The van der Waals surface area contributed by atoms with Crippen molar-refractivity contribution in [3.8, 4) is 22.8 Å². The van der Waals surface area contributed by atoms with Gasteiger partial charge in [0.05, 0.1) is 17.0 Å². The molecule has 3 heterocycles. The topological polar surface area (TPSA) is 70.7 Å². The Bertz CT molecular complexity index is 991. The van der Waals surface area contributed by atoms with Gasteiger partial charge in [0.2, 0.25) is 0 Å². The minimum atomic E-state index is -0.0195. The molecule has 5 nitrogen and oxygen atoms in total. The van der Waals surface area contributed by atoms with E-state index in [2.05, 4.69) is 46.5 Å². The predicted octanol–water partition coefficient (Wildman–Crippen LogP) is 5.33. The van der Waals surface area contributed by atoms with E-state index in [-0.39, 0.29) is 5.91 Å². The lowest BCUT2D eigenvalue weighted by Gasteiger charge is -2.10. The van der Waals surface area contributed by atoms with Crippen LogP contribution in [0.25, 0.3) is 22.8 Å². The zero-order chi connectivity index (χ0) is 20.8. The Hall–Kier alpha value is -2.95. The fourth-order valence-corrected chi connectivity index (χ4v) is 4.01. The second-order valence-corrected chi connectivity index (χ2v) is 8.06. The quantitative estimate of drug-likeness (QED) is 0.475. The third kappa shape index (κ3) is 4.78. The normalized spacial score (nSPS) is 13.2. The number of H-pyrrole nitrogens is 1. The molecule has 5 heteroatoms. The molecule has 0 saturated heterocycles. The molecule has 1 aliphatic rings. The number of hydrogen-bond acceptors (Lipinski definition) is 3. The van der Waals surface area contributed by atoms with Crippen molar-refractivity contribution in [1.29, 1.82) is 0 Å². The Morgan fingerprint density at radius 2 is 1.80 bits per heavy atom. The van der Waals surface area contributed by atoms with Crippen LogP contribution in [0, 0.1) is 0 Å². The molecular weight excluding hydrogens is 372 g/mol. The van der Waals surface area contributed by atoms with Crippen LogP contribution in [-0.2, 0) is 12.8 Å². The predicted molar refractivity (Wildman–Crippen MR) is 120 cm³/mol. The molecule has 0 radical (unpaired) electrons. The summed E-state index contributed by atoms with van der Waals surface area (Å²) in [5.74, 6) is 0.685. The molecule has 2 N–H and O–H groups in total. The van der Waals surface area contributed by atoms with E-state index in [0.29, 0.717) is 12.4 Å². The maximum Gasteiger partial charge on any atom is 0.253 e. The van der Waals surface area contributed by atoms with Crippen molar-refractivity contribution in [2.45, 2.75) is 58.3 Å². The number of aromatic amines is 1. The zero-order valence-corrected chi connectivity index (χ0v) is 17.7. The summed E-state index contributed by atoms with van der Waals surface area (Å²) in [4.78, 5) is 24.6. The summed E-state index contributed by atoms with van der Waals surface area (Å²) >= 11 is 0. The Kier molecular flexibility index (Phi) is 6.57. The number of amides is 1. The van der Waals surface area contributed by atoms with E-state index in [1.165, 1.54) is 44.1 Å². The summed E-state index contributed by atoms with van der Waals surface area (Å²) < 4.78 is 0. The highest BCUT2D eigenvalue weighted by molar-refractivity contribution is 5.97. The highest BCUT2D eigenvalue weighted by Gasteiger charge is 2.20. The summed E-state index contributed by atoms with van der Waals surface area (Å²) in [7, 11) is 0. The number of carbonyl (C=O) groups excluding carboxylic acids is 1. The number of unbranched alkanes of at least 4 members (excludes halogenated alkanes) is 5. The van der Waals surface area contributed by atoms with Gasteiger partial charge >= 0.3 is 0 Å². The monoisotopic (exact) mass is 402 g/mol. The lowest BCUT2D eigenvalue weighted by molar-refractivity contribution is 0.0946. The lowest BCUT2D eigenvalue weighted by Crippen LogP contribution is -2.31. The van der Waals surface area contributed by atoms with Gasteiger partial charge in [0.1, 0.15) is 0 Å². The van der Waals surface area contributed by atoms with Crippen LogP contribution in [0.4, 0.5) is 0 Å². The number of nitrogens with one attached hydrogen (secondary N) is 2. The number of hydrogen-bond donors (Lipinski definition) is 2. The third-order valence-electron chi connectivity index (χ3n) is 5.77. The molecule has 0 atom stereocenters. The molecule has 4 rings (SSSR count). The molecule has 0 unspecified atom stereocenters. The maximum absolute atomic E-state index is 12.0. The van der Waals surface area contributed by atoms with E-state index in [1.807, 2.05) is 12.1 Å².